The van der Waals surface area contributed by atoms with Gasteiger partial charge in [0.05, 0.1) is 11.0 Å². The first-order valence-electron chi connectivity index (χ1n) is 23.1. The van der Waals surface area contributed by atoms with Crippen molar-refractivity contribution in [2.75, 3.05) is 9.80 Å². The Hall–Kier alpha value is -8.60. The van der Waals surface area contributed by atoms with Crippen LogP contribution < -0.4 is 9.80 Å². The highest BCUT2D eigenvalue weighted by Crippen LogP contribution is 2.53. The number of rotatable bonds is 8. The van der Waals surface area contributed by atoms with Crippen molar-refractivity contribution >= 4 is 77.9 Å². The summed E-state index contributed by atoms with van der Waals surface area (Å²) in [5.74, 6) is 0. The van der Waals surface area contributed by atoms with Gasteiger partial charge < -0.3 is 18.8 Å². The lowest BCUT2D eigenvalue weighted by Crippen LogP contribution is -2.17. The second kappa shape index (κ2) is 15.3. The summed E-state index contributed by atoms with van der Waals surface area (Å²) in [6, 6.07) is 85.5. The second-order valence-corrected chi connectivity index (χ2v) is 18.1. The summed E-state index contributed by atoms with van der Waals surface area (Å²) in [5, 5.41) is 4.77. The van der Waals surface area contributed by atoms with E-state index in [4.69, 9.17) is 4.42 Å². The van der Waals surface area contributed by atoms with E-state index in [2.05, 4.69) is 253 Å². The van der Waals surface area contributed by atoms with Gasteiger partial charge in [-0.15, -0.1) is 0 Å². The Labute approximate surface area is 389 Å². The molecule has 4 heteroatoms. The van der Waals surface area contributed by atoms with E-state index in [-0.39, 0.29) is 5.41 Å². The molecular formula is C63H45N3O. The lowest BCUT2D eigenvalue weighted by Gasteiger charge is -2.29. The minimum absolute atomic E-state index is 0.267. The van der Waals surface area contributed by atoms with Crippen molar-refractivity contribution in [3.8, 4) is 27.9 Å². The van der Waals surface area contributed by atoms with E-state index in [1.807, 2.05) is 12.1 Å². The number of benzene rings is 10. The molecule has 10 aromatic carbocycles. The number of para-hydroxylation sites is 6. The van der Waals surface area contributed by atoms with Gasteiger partial charge in [0.2, 0.25) is 0 Å². The fourth-order valence-electron chi connectivity index (χ4n) is 10.8. The summed E-state index contributed by atoms with van der Waals surface area (Å²) in [5.41, 5.74) is 19.1. The largest absolute Gasteiger partial charge is 0.455 e. The van der Waals surface area contributed by atoms with Gasteiger partial charge in [-0.1, -0.05) is 147 Å². The molecule has 0 saturated heterocycles. The summed E-state index contributed by atoms with van der Waals surface area (Å²) >= 11 is 0. The van der Waals surface area contributed by atoms with Crippen LogP contribution in [-0.4, -0.2) is 4.57 Å². The molecule has 0 atom stereocenters. The van der Waals surface area contributed by atoms with Gasteiger partial charge >= 0.3 is 0 Å². The SMILES string of the molecule is CC1(C)c2cc(N(c3ccccc3)c3ccccc3)ccc2-c2ccc(N(c3ccc(-c4cccc5c4oc4ccccc45)cc3)c3ccc(-n4c5ccccc5c5ccccc54)cc3)cc21. The summed E-state index contributed by atoms with van der Waals surface area (Å²) in [4.78, 5) is 4.76. The number of hydrogen-bond donors (Lipinski definition) is 0. The molecule has 318 valence electrons. The molecular weight excluding hydrogens is 815 g/mol. The van der Waals surface area contributed by atoms with Crippen LogP contribution in [0.25, 0.3) is 71.7 Å². The van der Waals surface area contributed by atoms with Crippen LogP contribution in [0.3, 0.4) is 0 Å². The van der Waals surface area contributed by atoms with E-state index in [1.54, 1.807) is 0 Å². The molecule has 0 N–H and O–H groups in total. The smallest absolute Gasteiger partial charge is 0.143 e. The molecule has 0 aliphatic heterocycles. The lowest BCUT2D eigenvalue weighted by atomic mass is 9.82. The fraction of sp³-hybridized carbons (Fsp3) is 0.0476. The average molecular weight is 860 g/mol. The van der Waals surface area contributed by atoms with Crippen LogP contribution in [0, 0.1) is 0 Å². The van der Waals surface area contributed by atoms with E-state index in [9.17, 15) is 0 Å². The van der Waals surface area contributed by atoms with Crippen molar-refractivity contribution < 1.29 is 4.42 Å². The van der Waals surface area contributed by atoms with E-state index < -0.39 is 0 Å². The van der Waals surface area contributed by atoms with Crippen molar-refractivity contribution in [2.24, 2.45) is 0 Å². The first-order chi connectivity index (χ1) is 33.0. The number of anilines is 6. The monoisotopic (exact) mass is 859 g/mol. The molecule has 0 amide bonds. The van der Waals surface area contributed by atoms with Crippen LogP contribution in [0.2, 0.25) is 0 Å². The molecule has 4 nitrogen and oxygen atoms in total. The van der Waals surface area contributed by atoms with Crippen molar-refractivity contribution in [1.82, 2.24) is 4.57 Å². The van der Waals surface area contributed by atoms with Crippen molar-refractivity contribution in [1.29, 1.82) is 0 Å². The van der Waals surface area contributed by atoms with Gasteiger partial charge in [-0.25, -0.2) is 0 Å². The fourth-order valence-corrected chi connectivity index (χ4v) is 10.8. The molecule has 0 unspecified atom stereocenters. The predicted octanol–water partition coefficient (Wildman–Crippen LogP) is 17.6. The van der Waals surface area contributed by atoms with Crippen molar-refractivity contribution in [3.63, 3.8) is 0 Å². The topological polar surface area (TPSA) is 24.6 Å². The standard InChI is InChI=1S/C63H45N3O/c1-63(2)57-40-48(64(43-16-5-3-6-17-43)44-18-7-4-8-19-44)36-38-51(57)52-39-37-49(41-58(52)63)65(45-30-28-42(29-31-45)50-23-15-24-56-55-22-11-14-27-61(55)67-62(50)56)46-32-34-47(35-33-46)66-59-25-12-9-20-53(59)54-21-10-13-26-60(54)66/h3-41H,1-2H3. The summed E-state index contributed by atoms with van der Waals surface area (Å²) in [7, 11) is 0. The Morgan fingerprint density at radius 3 is 1.37 bits per heavy atom. The van der Waals surface area contributed by atoms with E-state index in [0.717, 1.165) is 72.9 Å². The molecule has 0 radical (unpaired) electrons. The Balaban J connectivity index is 0.927. The van der Waals surface area contributed by atoms with Gasteiger partial charge in [-0.3, -0.25) is 0 Å². The molecule has 1 aliphatic carbocycles. The van der Waals surface area contributed by atoms with E-state index in [1.165, 1.54) is 44.1 Å². The maximum absolute atomic E-state index is 6.49. The summed E-state index contributed by atoms with van der Waals surface area (Å²) in [6.45, 7) is 4.75. The molecule has 0 spiro atoms. The first-order valence-corrected chi connectivity index (χ1v) is 23.1. The van der Waals surface area contributed by atoms with Gasteiger partial charge in [0, 0.05) is 72.3 Å². The molecule has 12 aromatic rings. The van der Waals surface area contributed by atoms with Crippen LogP contribution in [-0.2, 0) is 5.41 Å². The predicted molar refractivity (Wildman–Crippen MR) is 280 cm³/mol. The third kappa shape index (κ3) is 6.21. The second-order valence-electron chi connectivity index (χ2n) is 18.1. The molecule has 2 aromatic heterocycles. The maximum Gasteiger partial charge on any atom is 0.143 e. The summed E-state index contributed by atoms with van der Waals surface area (Å²) in [6.07, 6.45) is 0. The Morgan fingerprint density at radius 1 is 0.358 bits per heavy atom. The van der Waals surface area contributed by atoms with Gasteiger partial charge in [0.15, 0.2) is 0 Å². The van der Waals surface area contributed by atoms with Crippen LogP contribution in [0.1, 0.15) is 25.0 Å². The lowest BCUT2D eigenvalue weighted by molar-refractivity contribution is 0.660. The maximum atomic E-state index is 6.49. The van der Waals surface area contributed by atoms with E-state index in [0.29, 0.717) is 0 Å². The molecule has 0 bridgehead atoms. The van der Waals surface area contributed by atoms with Crippen molar-refractivity contribution in [2.45, 2.75) is 19.3 Å². The molecule has 0 saturated carbocycles. The zero-order chi connectivity index (χ0) is 44.6. The average Bonchev–Trinajstić information content (AvgIpc) is 4.01. The number of aromatic nitrogens is 1. The molecule has 67 heavy (non-hydrogen) atoms. The van der Waals surface area contributed by atoms with Gasteiger partial charge in [-0.05, 0) is 131 Å². The molecule has 1 aliphatic rings. The van der Waals surface area contributed by atoms with Gasteiger partial charge in [0.1, 0.15) is 11.2 Å². The Morgan fingerprint density at radius 2 is 0.806 bits per heavy atom. The quantitative estimate of drug-likeness (QED) is 0.152. The third-order valence-electron chi connectivity index (χ3n) is 14.0. The zero-order valence-electron chi connectivity index (χ0n) is 37.3. The first kappa shape index (κ1) is 38.8. The van der Waals surface area contributed by atoms with Gasteiger partial charge in [-0.2, -0.15) is 0 Å². The molecule has 13 rings (SSSR count). The Bertz CT molecular complexity index is 3730. The highest BCUT2D eigenvalue weighted by molar-refractivity contribution is 6.10. The minimum Gasteiger partial charge on any atom is -0.455 e. The van der Waals surface area contributed by atoms with Gasteiger partial charge in [0.25, 0.3) is 0 Å². The van der Waals surface area contributed by atoms with Crippen LogP contribution in [0.5, 0.6) is 0 Å². The zero-order valence-corrected chi connectivity index (χ0v) is 37.3. The number of nitrogens with zero attached hydrogens (tertiary/aromatic N) is 3. The normalized spacial score (nSPS) is 12.7. The minimum atomic E-state index is -0.267. The number of furan rings is 1. The number of hydrogen-bond acceptors (Lipinski definition) is 3. The third-order valence-corrected chi connectivity index (χ3v) is 14.0. The van der Waals surface area contributed by atoms with E-state index >= 15 is 0 Å². The highest BCUT2D eigenvalue weighted by atomic mass is 16.3. The molecule has 0 fully saturated rings. The summed E-state index contributed by atoms with van der Waals surface area (Å²) < 4.78 is 8.87. The van der Waals surface area contributed by atoms with Crippen LogP contribution >= 0.6 is 0 Å². The molecule has 2 heterocycles. The number of fused-ring (bicyclic) bond motifs is 9. The van der Waals surface area contributed by atoms with Crippen molar-refractivity contribution in [3.05, 3.63) is 248 Å². The van der Waals surface area contributed by atoms with Crippen LogP contribution in [0.4, 0.5) is 34.1 Å². The Kier molecular flexibility index (Phi) is 8.84. The van der Waals surface area contributed by atoms with Crippen LogP contribution in [0.15, 0.2) is 241 Å². The highest BCUT2D eigenvalue weighted by Gasteiger charge is 2.37.